The van der Waals surface area contributed by atoms with Crippen LogP contribution >= 0.6 is 0 Å². The number of nitrogens with one attached hydrogen (secondary N) is 1. The van der Waals surface area contributed by atoms with Crippen molar-refractivity contribution >= 4 is 11.6 Å². The van der Waals surface area contributed by atoms with E-state index in [1.54, 1.807) is 0 Å². The minimum Gasteiger partial charge on any atom is -0.325 e. The van der Waals surface area contributed by atoms with E-state index in [4.69, 9.17) is 0 Å². The molecule has 0 saturated carbocycles. The molecule has 94 valence electrons. The molecule has 0 spiro atoms. The fourth-order valence-corrected chi connectivity index (χ4v) is 3.19. The molecule has 1 atom stereocenters. The lowest BCUT2D eigenvalue weighted by atomic mass is 9.97. The molecule has 3 heteroatoms. The molecule has 2 aromatic rings. The van der Waals surface area contributed by atoms with Gasteiger partial charge in [-0.1, -0.05) is 42.5 Å². The Morgan fingerprint density at radius 1 is 0.947 bits per heavy atom. The second kappa shape index (κ2) is 3.93. The number of benzene rings is 2. The topological polar surface area (TPSA) is 32.3 Å². The highest BCUT2D eigenvalue weighted by Crippen LogP contribution is 2.42. The van der Waals surface area contributed by atoms with Crippen LogP contribution in [0.3, 0.4) is 0 Å². The SMILES string of the molecule is O=C1CN2Cc3ccccc3C2c2ccccc2N1. The first-order valence-corrected chi connectivity index (χ1v) is 6.53. The van der Waals surface area contributed by atoms with Crippen LogP contribution in [-0.4, -0.2) is 17.4 Å². The van der Waals surface area contributed by atoms with E-state index in [1.165, 1.54) is 16.7 Å². The fourth-order valence-electron chi connectivity index (χ4n) is 3.19. The standard InChI is InChI=1S/C16H14N2O/c19-15-10-18-9-11-5-1-2-6-12(11)16(18)13-7-3-4-8-14(13)17-15/h1-8,16H,9-10H2,(H,17,19). The van der Waals surface area contributed by atoms with E-state index in [1.807, 2.05) is 18.2 Å². The first-order chi connectivity index (χ1) is 9.33. The smallest absolute Gasteiger partial charge is 0.238 e. The lowest BCUT2D eigenvalue weighted by molar-refractivity contribution is -0.117. The van der Waals surface area contributed by atoms with Gasteiger partial charge in [0.2, 0.25) is 5.91 Å². The lowest BCUT2D eigenvalue weighted by Crippen LogP contribution is -2.29. The van der Waals surface area contributed by atoms with Crippen LogP contribution in [0.2, 0.25) is 0 Å². The van der Waals surface area contributed by atoms with Crippen LogP contribution < -0.4 is 5.32 Å². The molecule has 2 aliphatic heterocycles. The van der Waals surface area contributed by atoms with Gasteiger partial charge in [-0.25, -0.2) is 0 Å². The van der Waals surface area contributed by atoms with Gasteiger partial charge in [-0.15, -0.1) is 0 Å². The second-order valence-corrected chi connectivity index (χ2v) is 5.14. The van der Waals surface area contributed by atoms with Crippen LogP contribution in [-0.2, 0) is 11.3 Å². The number of fused-ring (bicyclic) bond motifs is 5. The summed E-state index contributed by atoms with van der Waals surface area (Å²) in [6.07, 6.45) is 0. The zero-order valence-electron chi connectivity index (χ0n) is 10.5. The minimum absolute atomic E-state index is 0.0720. The highest BCUT2D eigenvalue weighted by Gasteiger charge is 2.35. The van der Waals surface area contributed by atoms with E-state index < -0.39 is 0 Å². The van der Waals surface area contributed by atoms with Crippen molar-refractivity contribution in [1.29, 1.82) is 0 Å². The van der Waals surface area contributed by atoms with Crippen LogP contribution in [0.4, 0.5) is 5.69 Å². The van der Waals surface area contributed by atoms with E-state index in [0.29, 0.717) is 6.54 Å². The number of nitrogens with zero attached hydrogens (tertiary/aromatic N) is 1. The third kappa shape index (κ3) is 1.59. The van der Waals surface area contributed by atoms with Gasteiger partial charge in [-0.2, -0.15) is 0 Å². The normalized spacial score (nSPS) is 21.1. The summed E-state index contributed by atoms with van der Waals surface area (Å²) in [5.74, 6) is 0.0720. The van der Waals surface area contributed by atoms with Crippen molar-refractivity contribution in [2.24, 2.45) is 0 Å². The lowest BCUT2D eigenvalue weighted by Gasteiger charge is -2.22. The van der Waals surface area contributed by atoms with E-state index in [2.05, 4.69) is 40.5 Å². The number of rotatable bonds is 0. The van der Waals surface area contributed by atoms with Gasteiger partial charge in [0.15, 0.2) is 0 Å². The Kier molecular flexibility index (Phi) is 2.23. The summed E-state index contributed by atoms with van der Waals surface area (Å²) in [4.78, 5) is 14.2. The minimum atomic E-state index is 0.0720. The van der Waals surface area contributed by atoms with Gasteiger partial charge in [-0.05, 0) is 22.8 Å². The summed E-state index contributed by atoms with van der Waals surface area (Å²) in [5, 5.41) is 3.00. The third-order valence-corrected chi connectivity index (χ3v) is 3.96. The second-order valence-electron chi connectivity index (χ2n) is 5.14. The summed E-state index contributed by atoms with van der Waals surface area (Å²) in [6, 6.07) is 16.8. The molecule has 1 N–H and O–H groups in total. The van der Waals surface area contributed by atoms with Crippen LogP contribution in [0.5, 0.6) is 0 Å². The zero-order chi connectivity index (χ0) is 12.8. The maximum atomic E-state index is 12.0. The first-order valence-electron chi connectivity index (χ1n) is 6.53. The maximum Gasteiger partial charge on any atom is 0.238 e. The molecule has 4 rings (SSSR count). The van der Waals surface area contributed by atoms with Gasteiger partial charge in [0.1, 0.15) is 0 Å². The van der Waals surface area contributed by atoms with Gasteiger partial charge in [-0.3, -0.25) is 9.69 Å². The van der Waals surface area contributed by atoms with E-state index in [9.17, 15) is 4.79 Å². The quantitative estimate of drug-likeness (QED) is 0.779. The first kappa shape index (κ1) is 10.8. The molecule has 0 aromatic heterocycles. The monoisotopic (exact) mass is 250 g/mol. The largest absolute Gasteiger partial charge is 0.325 e. The number of carbonyl (C=O) groups is 1. The molecule has 19 heavy (non-hydrogen) atoms. The summed E-state index contributed by atoms with van der Waals surface area (Å²) in [7, 11) is 0. The Bertz CT molecular complexity index is 665. The van der Waals surface area contributed by atoms with Crippen LogP contribution in [0.1, 0.15) is 22.7 Å². The summed E-state index contributed by atoms with van der Waals surface area (Å²) in [6.45, 7) is 1.30. The van der Waals surface area contributed by atoms with Gasteiger partial charge >= 0.3 is 0 Å². The summed E-state index contributed by atoms with van der Waals surface area (Å²) in [5.41, 5.74) is 4.79. The molecule has 0 radical (unpaired) electrons. The van der Waals surface area contributed by atoms with Gasteiger partial charge in [0.25, 0.3) is 0 Å². The number of hydrogen-bond acceptors (Lipinski definition) is 2. The third-order valence-electron chi connectivity index (χ3n) is 3.96. The number of amides is 1. The molecule has 1 amide bonds. The Balaban J connectivity index is 1.93. The van der Waals surface area contributed by atoms with Crippen molar-refractivity contribution in [3.8, 4) is 0 Å². The molecule has 0 aliphatic carbocycles. The number of hydrogen-bond donors (Lipinski definition) is 1. The highest BCUT2D eigenvalue weighted by molar-refractivity contribution is 5.94. The molecule has 1 unspecified atom stereocenters. The van der Waals surface area contributed by atoms with E-state index >= 15 is 0 Å². The van der Waals surface area contributed by atoms with Crippen molar-refractivity contribution < 1.29 is 4.79 Å². The van der Waals surface area contributed by atoms with Gasteiger partial charge < -0.3 is 5.32 Å². The molecule has 3 nitrogen and oxygen atoms in total. The predicted molar refractivity (Wildman–Crippen MR) is 73.8 cm³/mol. The zero-order valence-corrected chi connectivity index (χ0v) is 10.5. The molecule has 2 aliphatic rings. The molecule has 0 saturated heterocycles. The highest BCUT2D eigenvalue weighted by atomic mass is 16.2. The van der Waals surface area contributed by atoms with Crippen molar-refractivity contribution in [3.05, 3.63) is 65.2 Å². The van der Waals surface area contributed by atoms with Crippen molar-refractivity contribution in [2.75, 3.05) is 11.9 Å². The summed E-state index contributed by atoms with van der Waals surface area (Å²) < 4.78 is 0. The average Bonchev–Trinajstić information content (AvgIpc) is 2.70. The molecule has 0 fully saturated rings. The molecular weight excluding hydrogens is 236 g/mol. The predicted octanol–water partition coefficient (Wildman–Crippen LogP) is 2.54. The number of carbonyl (C=O) groups excluding carboxylic acids is 1. The molecular formula is C16H14N2O. The fraction of sp³-hybridized carbons (Fsp3) is 0.188. The number of anilines is 1. The van der Waals surface area contributed by atoms with Crippen LogP contribution in [0.25, 0.3) is 0 Å². The average molecular weight is 250 g/mol. The molecule has 0 bridgehead atoms. The Morgan fingerprint density at radius 3 is 2.58 bits per heavy atom. The van der Waals surface area contributed by atoms with Crippen molar-refractivity contribution in [3.63, 3.8) is 0 Å². The van der Waals surface area contributed by atoms with Gasteiger partial charge in [0, 0.05) is 12.2 Å². The van der Waals surface area contributed by atoms with Crippen LogP contribution in [0.15, 0.2) is 48.5 Å². The van der Waals surface area contributed by atoms with Crippen molar-refractivity contribution in [2.45, 2.75) is 12.6 Å². The molecule has 2 heterocycles. The van der Waals surface area contributed by atoms with E-state index in [0.717, 1.165) is 12.2 Å². The number of para-hydroxylation sites is 1. The summed E-state index contributed by atoms with van der Waals surface area (Å²) >= 11 is 0. The maximum absolute atomic E-state index is 12.0. The van der Waals surface area contributed by atoms with E-state index in [-0.39, 0.29) is 11.9 Å². The van der Waals surface area contributed by atoms with Gasteiger partial charge in [0.05, 0.1) is 12.6 Å². The Hall–Kier alpha value is -2.13. The van der Waals surface area contributed by atoms with Crippen molar-refractivity contribution in [1.82, 2.24) is 4.90 Å². The molecule has 2 aromatic carbocycles. The Morgan fingerprint density at radius 2 is 1.68 bits per heavy atom. The Labute approximate surface area is 111 Å². The van der Waals surface area contributed by atoms with Crippen LogP contribution in [0, 0.1) is 0 Å².